The molecule has 0 saturated heterocycles. The first-order chi connectivity index (χ1) is 15.6. The van der Waals surface area contributed by atoms with Gasteiger partial charge in [0, 0.05) is 45.0 Å². The highest BCUT2D eigenvalue weighted by atomic mass is 35.5. The molecule has 0 saturated carbocycles. The lowest BCUT2D eigenvalue weighted by Crippen LogP contribution is -2.21. The number of anilines is 1. The molecule has 2 aliphatic rings. The number of pyridine rings is 1. The largest absolute Gasteiger partial charge is 0.339 e. The van der Waals surface area contributed by atoms with Gasteiger partial charge >= 0.3 is 0 Å². The second-order valence-corrected chi connectivity index (χ2v) is 8.21. The number of carbonyl (C=O) groups is 1. The molecule has 4 aromatic rings. The molecule has 156 valence electrons. The number of hydrogen-bond donors (Lipinski definition) is 1. The standard InChI is InChI=1S/C25H16ClFN4O/c1-13-19-21(20-16(26)9-6-10-17(20)27)22-23(14-7-2-3-8-15(14)24(22)32)29-25(19)31(30-13)18-11-4-5-12-28-18/h2-12,21,29H,1H3/t21-/m0/s1. The number of fused-ring (bicyclic) bond motifs is 3. The number of carbonyl (C=O) groups excluding carboxylic acids is 1. The smallest absolute Gasteiger partial charge is 0.192 e. The molecule has 0 unspecified atom stereocenters. The van der Waals surface area contributed by atoms with Crippen LogP contribution in [0.2, 0.25) is 5.02 Å². The van der Waals surface area contributed by atoms with Gasteiger partial charge in [0.05, 0.1) is 11.4 Å². The number of hydrogen-bond acceptors (Lipinski definition) is 4. The maximum Gasteiger partial charge on any atom is 0.192 e. The highest BCUT2D eigenvalue weighted by Gasteiger charge is 2.44. The van der Waals surface area contributed by atoms with E-state index in [1.165, 1.54) is 6.07 Å². The topological polar surface area (TPSA) is 59.8 Å². The van der Waals surface area contributed by atoms with Crippen molar-refractivity contribution in [3.63, 3.8) is 0 Å². The molecular formula is C25H16ClFN4O. The van der Waals surface area contributed by atoms with E-state index in [1.807, 2.05) is 43.3 Å². The van der Waals surface area contributed by atoms with Crippen molar-refractivity contribution in [1.29, 1.82) is 0 Å². The second kappa shape index (κ2) is 6.87. The first kappa shape index (κ1) is 19.0. The summed E-state index contributed by atoms with van der Waals surface area (Å²) in [5.74, 6) is -0.0375. The number of ketones is 1. The first-order valence-electron chi connectivity index (χ1n) is 10.2. The molecule has 0 radical (unpaired) electrons. The van der Waals surface area contributed by atoms with Crippen molar-refractivity contribution in [3.05, 3.63) is 111 Å². The predicted octanol–water partition coefficient (Wildman–Crippen LogP) is 5.53. The summed E-state index contributed by atoms with van der Waals surface area (Å²) in [6.45, 7) is 1.85. The summed E-state index contributed by atoms with van der Waals surface area (Å²) in [5, 5.41) is 8.39. The summed E-state index contributed by atoms with van der Waals surface area (Å²) >= 11 is 6.52. The molecule has 3 heterocycles. The summed E-state index contributed by atoms with van der Waals surface area (Å²) in [7, 11) is 0. The summed E-state index contributed by atoms with van der Waals surface area (Å²) in [4.78, 5) is 18.0. The van der Waals surface area contributed by atoms with Crippen molar-refractivity contribution < 1.29 is 9.18 Å². The molecule has 6 rings (SSSR count). The van der Waals surface area contributed by atoms with Gasteiger partial charge in [-0.2, -0.15) is 9.78 Å². The maximum atomic E-state index is 15.2. The number of allylic oxidation sites excluding steroid dienone is 1. The third-order valence-corrected chi connectivity index (χ3v) is 6.37. The number of halogens is 2. The maximum absolute atomic E-state index is 15.2. The lowest BCUT2D eigenvalue weighted by Gasteiger charge is -2.28. The van der Waals surface area contributed by atoms with E-state index in [0.29, 0.717) is 39.7 Å². The fourth-order valence-electron chi connectivity index (χ4n) is 4.70. The molecule has 1 atom stereocenters. The van der Waals surface area contributed by atoms with Gasteiger partial charge in [-0.25, -0.2) is 9.37 Å². The van der Waals surface area contributed by atoms with E-state index in [4.69, 9.17) is 16.7 Å². The molecule has 0 fully saturated rings. The molecule has 0 amide bonds. The average molecular weight is 443 g/mol. The Morgan fingerprint density at radius 2 is 1.78 bits per heavy atom. The van der Waals surface area contributed by atoms with Crippen LogP contribution in [-0.4, -0.2) is 20.5 Å². The van der Waals surface area contributed by atoms with E-state index in [9.17, 15) is 4.79 Å². The monoisotopic (exact) mass is 442 g/mol. The van der Waals surface area contributed by atoms with E-state index in [0.717, 1.165) is 5.56 Å². The van der Waals surface area contributed by atoms with Crippen LogP contribution in [0.4, 0.5) is 10.2 Å². The zero-order valence-electron chi connectivity index (χ0n) is 16.9. The Morgan fingerprint density at radius 1 is 1.00 bits per heavy atom. The van der Waals surface area contributed by atoms with Crippen LogP contribution in [0.1, 0.15) is 38.7 Å². The summed E-state index contributed by atoms with van der Waals surface area (Å²) in [6.07, 6.45) is 1.69. The molecule has 1 N–H and O–H groups in total. The summed E-state index contributed by atoms with van der Waals surface area (Å²) in [6, 6.07) is 17.5. The molecule has 2 aromatic heterocycles. The molecule has 7 heteroatoms. The van der Waals surface area contributed by atoms with Gasteiger partial charge in [0.15, 0.2) is 11.6 Å². The minimum absolute atomic E-state index is 0.136. The first-order valence-corrected chi connectivity index (χ1v) is 10.5. The van der Waals surface area contributed by atoms with E-state index >= 15 is 4.39 Å². The van der Waals surface area contributed by atoms with Gasteiger partial charge < -0.3 is 5.32 Å². The van der Waals surface area contributed by atoms with E-state index in [-0.39, 0.29) is 16.4 Å². The van der Waals surface area contributed by atoms with Gasteiger partial charge in [-0.1, -0.05) is 48.0 Å². The predicted molar refractivity (Wildman–Crippen MR) is 121 cm³/mol. The van der Waals surface area contributed by atoms with Crippen LogP contribution in [0.15, 0.2) is 72.4 Å². The summed E-state index contributed by atoms with van der Waals surface area (Å²) < 4.78 is 16.9. The SMILES string of the molecule is Cc1nn(-c2ccccn2)c2c1[C@@H](c1c(F)cccc1Cl)C1=C(N2)c2ccccc2C1=O. The number of aryl methyl sites for hydroxylation is 1. The Balaban J connectivity index is 1.68. The van der Waals surface area contributed by atoms with Crippen LogP contribution in [0, 0.1) is 12.7 Å². The normalized spacial score (nSPS) is 16.5. The Morgan fingerprint density at radius 3 is 2.53 bits per heavy atom. The van der Waals surface area contributed by atoms with Crippen molar-refractivity contribution in [2.75, 3.05) is 5.32 Å². The van der Waals surface area contributed by atoms with Gasteiger partial charge in [-0.15, -0.1) is 0 Å². The molecule has 1 aliphatic carbocycles. The van der Waals surface area contributed by atoms with Crippen LogP contribution >= 0.6 is 11.6 Å². The van der Waals surface area contributed by atoms with Crippen molar-refractivity contribution >= 4 is 28.9 Å². The van der Waals surface area contributed by atoms with E-state index < -0.39 is 11.7 Å². The van der Waals surface area contributed by atoms with Gasteiger partial charge in [0.2, 0.25) is 0 Å². The number of rotatable bonds is 2. The Labute approximate surface area is 188 Å². The highest BCUT2D eigenvalue weighted by Crippen LogP contribution is 2.52. The van der Waals surface area contributed by atoms with Crippen LogP contribution in [0.5, 0.6) is 0 Å². The fraction of sp³-hybridized carbons (Fsp3) is 0.0800. The molecule has 2 aromatic carbocycles. The number of nitrogens with one attached hydrogen (secondary N) is 1. The van der Waals surface area contributed by atoms with Crippen molar-refractivity contribution in [3.8, 4) is 5.82 Å². The quantitative estimate of drug-likeness (QED) is 0.443. The summed E-state index contributed by atoms with van der Waals surface area (Å²) in [5.41, 5.74) is 4.15. The van der Waals surface area contributed by atoms with Crippen LogP contribution < -0.4 is 5.32 Å². The minimum atomic E-state index is -0.702. The van der Waals surface area contributed by atoms with Gasteiger partial charge in [-0.3, -0.25) is 4.79 Å². The Bertz CT molecular complexity index is 1440. The van der Waals surface area contributed by atoms with Crippen molar-refractivity contribution in [2.45, 2.75) is 12.8 Å². The van der Waals surface area contributed by atoms with Crippen molar-refractivity contribution in [2.24, 2.45) is 0 Å². The molecule has 0 bridgehead atoms. The molecule has 32 heavy (non-hydrogen) atoms. The highest BCUT2D eigenvalue weighted by molar-refractivity contribution is 6.32. The molecule has 1 aliphatic heterocycles. The number of benzene rings is 2. The van der Waals surface area contributed by atoms with Crippen LogP contribution in [0.3, 0.4) is 0 Å². The van der Waals surface area contributed by atoms with E-state index in [1.54, 1.807) is 29.1 Å². The number of Topliss-reactive ketones (excluding diaryl/α,β-unsaturated/α-hetero) is 1. The van der Waals surface area contributed by atoms with Gasteiger partial charge in [-0.05, 0) is 31.2 Å². The zero-order valence-corrected chi connectivity index (χ0v) is 17.7. The Hall–Kier alpha value is -3.77. The third-order valence-electron chi connectivity index (χ3n) is 6.04. The molecule has 5 nitrogen and oxygen atoms in total. The van der Waals surface area contributed by atoms with Crippen molar-refractivity contribution in [1.82, 2.24) is 14.8 Å². The number of nitrogens with zero attached hydrogens (tertiary/aromatic N) is 3. The zero-order chi connectivity index (χ0) is 22.0. The Kier molecular flexibility index (Phi) is 4.07. The van der Waals surface area contributed by atoms with Gasteiger partial charge in [0.25, 0.3) is 0 Å². The minimum Gasteiger partial charge on any atom is -0.339 e. The average Bonchev–Trinajstić information content (AvgIpc) is 3.29. The lowest BCUT2D eigenvalue weighted by molar-refractivity contribution is 0.103. The fourth-order valence-corrected chi connectivity index (χ4v) is 4.97. The van der Waals surface area contributed by atoms with Gasteiger partial charge in [0.1, 0.15) is 11.6 Å². The second-order valence-electron chi connectivity index (χ2n) is 7.80. The third kappa shape index (κ3) is 2.53. The van der Waals surface area contributed by atoms with Crippen LogP contribution in [0.25, 0.3) is 11.5 Å². The molecule has 0 spiro atoms. The number of aromatic nitrogens is 3. The van der Waals surface area contributed by atoms with E-state index in [2.05, 4.69) is 10.3 Å². The molecular weight excluding hydrogens is 427 g/mol. The lowest BCUT2D eigenvalue weighted by atomic mass is 9.80. The van der Waals surface area contributed by atoms with Crippen LogP contribution in [-0.2, 0) is 0 Å².